The summed E-state index contributed by atoms with van der Waals surface area (Å²) in [6, 6.07) is 9.04. The van der Waals surface area contributed by atoms with Crippen LogP contribution in [0.1, 0.15) is 30.8 Å². The van der Waals surface area contributed by atoms with Gasteiger partial charge in [-0.1, -0.05) is 24.6 Å². The van der Waals surface area contributed by atoms with E-state index in [1.165, 1.54) is 4.68 Å². The van der Waals surface area contributed by atoms with Gasteiger partial charge in [0.1, 0.15) is 11.6 Å². The molecular weight excluding hydrogens is 416 g/mol. The highest BCUT2D eigenvalue weighted by Gasteiger charge is 2.23. The van der Waals surface area contributed by atoms with Gasteiger partial charge < -0.3 is 5.32 Å². The van der Waals surface area contributed by atoms with E-state index in [9.17, 15) is 13.2 Å². The van der Waals surface area contributed by atoms with Crippen molar-refractivity contribution in [3.8, 4) is 0 Å². The van der Waals surface area contributed by atoms with Crippen LogP contribution in [0, 0.1) is 6.92 Å². The molecule has 0 unspecified atom stereocenters. The number of aryl methyl sites for hydroxylation is 1. The second kappa shape index (κ2) is 9.11. The van der Waals surface area contributed by atoms with Crippen LogP contribution in [0.3, 0.4) is 0 Å². The Kier molecular flexibility index (Phi) is 6.28. The van der Waals surface area contributed by atoms with Gasteiger partial charge in [0.25, 0.3) is 5.56 Å². The van der Waals surface area contributed by atoms with E-state index < -0.39 is 10.0 Å². The summed E-state index contributed by atoms with van der Waals surface area (Å²) in [6.07, 6.45) is 4.59. The summed E-state index contributed by atoms with van der Waals surface area (Å²) >= 11 is 0. The number of sulfonamides is 1. The van der Waals surface area contributed by atoms with E-state index in [1.807, 2.05) is 18.2 Å². The van der Waals surface area contributed by atoms with Gasteiger partial charge in [0.05, 0.1) is 29.6 Å². The minimum atomic E-state index is -3.28. The standard InChI is InChI=1S/C21H26N6O3S/c1-16-24-18(15-27-21(28)19-8-4-3-7-17(19)14-23-27)13-20(25-16)22-9-12-31(29,30)26-10-5-2-6-11-26/h3-4,7-8,13-14H,2,5-6,9-12,15H2,1H3,(H,22,24,25). The first-order valence-electron chi connectivity index (χ1n) is 10.4. The van der Waals surface area contributed by atoms with Gasteiger partial charge in [0.2, 0.25) is 10.0 Å². The first kappa shape index (κ1) is 21.4. The lowest BCUT2D eigenvalue weighted by Crippen LogP contribution is -2.38. The highest BCUT2D eigenvalue weighted by atomic mass is 32.2. The normalized spacial score (nSPS) is 15.3. The van der Waals surface area contributed by atoms with E-state index in [2.05, 4.69) is 20.4 Å². The summed E-state index contributed by atoms with van der Waals surface area (Å²) in [6.45, 7) is 3.42. The summed E-state index contributed by atoms with van der Waals surface area (Å²) in [7, 11) is -3.28. The molecule has 0 spiro atoms. The lowest BCUT2D eigenvalue weighted by atomic mass is 10.2. The van der Waals surface area contributed by atoms with Crippen LogP contribution in [0.25, 0.3) is 10.8 Å². The number of hydrogen-bond acceptors (Lipinski definition) is 7. The highest BCUT2D eigenvalue weighted by Crippen LogP contribution is 2.14. The molecule has 0 atom stereocenters. The topological polar surface area (TPSA) is 110 Å². The molecule has 1 aliphatic heterocycles. The number of rotatable bonds is 7. The molecule has 0 amide bonds. The van der Waals surface area contributed by atoms with Crippen LogP contribution in [0.2, 0.25) is 0 Å². The summed E-state index contributed by atoms with van der Waals surface area (Å²) in [5.74, 6) is 1.08. The Hall–Kier alpha value is -2.85. The third kappa shape index (κ3) is 5.08. The van der Waals surface area contributed by atoms with Gasteiger partial charge in [-0.2, -0.15) is 5.10 Å². The van der Waals surface area contributed by atoms with Crippen LogP contribution in [0.4, 0.5) is 5.82 Å². The lowest BCUT2D eigenvalue weighted by molar-refractivity contribution is 0.347. The van der Waals surface area contributed by atoms with Crippen LogP contribution in [0.15, 0.2) is 41.3 Å². The number of aromatic nitrogens is 4. The van der Waals surface area contributed by atoms with Gasteiger partial charge in [-0.15, -0.1) is 0 Å². The minimum absolute atomic E-state index is 0.0110. The Morgan fingerprint density at radius 2 is 1.87 bits per heavy atom. The average Bonchev–Trinajstić information content (AvgIpc) is 2.76. The Morgan fingerprint density at radius 3 is 2.68 bits per heavy atom. The summed E-state index contributed by atoms with van der Waals surface area (Å²) in [4.78, 5) is 21.5. The van der Waals surface area contributed by atoms with Crippen LogP contribution < -0.4 is 10.9 Å². The SMILES string of the molecule is Cc1nc(Cn2ncc3ccccc3c2=O)cc(NCCS(=O)(=O)N2CCCCC2)n1. The number of hydrogen-bond donors (Lipinski definition) is 1. The van der Waals surface area contributed by atoms with E-state index in [-0.39, 0.29) is 24.4 Å². The van der Waals surface area contributed by atoms with Gasteiger partial charge in [-0.05, 0) is 25.8 Å². The zero-order valence-electron chi connectivity index (χ0n) is 17.5. The maximum absolute atomic E-state index is 12.7. The Morgan fingerprint density at radius 1 is 1.10 bits per heavy atom. The summed E-state index contributed by atoms with van der Waals surface area (Å²) < 4.78 is 28.0. The number of anilines is 1. The Bertz CT molecular complexity index is 1240. The van der Waals surface area contributed by atoms with E-state index in [4.69, 9.17) is 0 Å². The predicted octanol–water partition coefficient (Wildman–Crippen LogP) is 1.77. The van der Waals surface area contributed by atoms with Crippen molar-refractivity contribution in [3.63, 3.8) is 0 Å². The molecule has 0 aliphatic carbocycles. The van der Waals surface area contributed by atoms with E-state index in [1.54, 1.807) is 29.6 Å². The second-order valence-electron chi connectivity index (χ2n) is 7.69. The molecule has 4 rings (SSSR count). The van der Waals surface area contributed by atoms with Gasteiger partial charge in [-0.25, -0.2) is 27.4 Å². The third-order valence-corrected chi connectivity index (χ3v) is 7.21. The molecule has 10 heteroatoms. The number of nitrogens with one attached hydrogen (secondary N) is 1. The monoisotopic (exact) mass is 442 g/mol. The number of piperidine rings is 1. The van der Waals surface area contributed by atoms with Crippen LogP contribution in [-0.2, 0) is 16.6 Å². The molecule has 3 aromatic rings. The van der Waals surface area contributed by atoms with Crippen molar-refractivity contribution < 1.29 is 8.42 Å². The fourth-order valence-electron chi connectivity index (χ4n) is 3.78. The molecule has 9 nitrogen and oxygen atoms in total. The first-order valence-corrected chi connectivity index (χ1v) is 12.0. The molecule has 1 N–H and O–H groups in total. The lowest BCUT2D eigenvalue weighted by Gasteiger charge is -2.25. The predicted molar refractivity (Wildman–Crippen MR) is 120 cm³/mol. The molecule has 1 aliphatic rings. The number of nitrogens with zero attached hydrogens (tertiary/aromatic N) is 5. The maximum Gasteiger partial charge on any atom is 0.274 e. The van der Waals surface area contributed by atoms with Gasteiger partial charge in [0, 0.05) is 31.1 Å². The molecule has 0 saturated carbocycles. The van der Waals surface area contributed by atoms with Gasteiger partial charge in [-0.3, -0.25) is 4.79 Å². The molecule has 0 bridgehead atoms. The van der Waals surface area contributed by atoms with Crippen molar-refractivity contribution in [2.24, 2.45) is 0 Å². The van der Waals surface area contributed by atoms with E-state index in [0.29, 0.717) is 35.8 Å². The number of fused-ring (bicyclic) bond motifs is 1. The fourth-order valence-corrected chi connectivity index (χ4v) is 5.21. The van der Waals surface area contributed by atoms with E-state index >= 15 is 0 Å². The molecule has 164 valence electrons. The van der Waals surface area contributed by atoms with Crippen LogP contribution >= 0.6 is 0 Å². The largest absolute Gasteiger partial charge is 0.369 e. The van der Waals surface area contributed by atoms with Crippen molar-refractivity contribution in [1.82, 2.24) is 24.1 Å². The quantitative estimate of drug-likeness (QED) is 0.594. The van der Waals surface area contributed by atoms with Crippen LogP contribution in [0.5, 0.6) is 0 Å². The van der Waals surface area contributed by atoms with Crippen molar-refractivity contribution in [1.29, 1.82) is 0 Å². The molecule has 2 aromatic heterocycles. The maximum atomic E-state index is 12.7. The zero-order chi connectivity index (χ0) is 21.8. The highest BCUT2D eigenvalue weighted by molar-refractivity contribution is 7.89. The first-order chi connectivity index (χ1) is 14.9. The minimum Gasteiger partial charge on any atom is -0.369 e. The molecule has 3 heterocycles. The fraction of sp³-hybridized carbons (Fsp3) is 0.429. The molecular formula is C21H26N6O3S. The zero-order valence-corrected chi connectivity index (χ0v) is 18.3. The van der Waals surface area contributed by atoms with E-state index in [0.717, 1.165) is 24.6 Å². The average molecular weight is 443 g/mol. The van der Waals surface area contributed by atoms with Gasteiger partial charge >= 0.3 is 0 Å². The van der Waals surface area contributed by atoms with Crippen molar-refractivity contribution in [2.75, 3.05) is 30.7 Å². The van der Waals surface area contributed by atoms with Crippen molar-refractivity contribution in [2.45, 2.75) is 32.7 Å². The van der Waals surface area contributed by atoms with Crippen molar-refractivity contribution >= 4 is 26.6 Å². The van der Waals surface area contributed by atoms with Crippen LogP contribution in [-0.4, -0.2) is 57.9 Å². The molecule has 1 fully saturated rings. The second-order valence-corrected chi connectivity index (χ2v) is 9.78. The molecule has 1 saturated heterocycles. The molecule has 31 heavy (non-hydrogen) atoms. The Labute approximate surface area is 181 Å². The molecule has 0 radical (unpaired) electrons. The number of benzene rings is 1. The summed E-state index contributed by atoms with van der Waals surface area (Å²) in [5.41, 5.74) is 0.440. The smallest absolute Gasteiger partial charge is 0.274 e. The Balaban J connectivity index is 1.45. The van der Waals surface area contributed by atoms with Crippen molar-refractivity contribution in [3.05, 3.63) is 58.4 Å². The third-order valence-electron chi connectivity index (χ3n) is 5.34. The molecule has 1 aromatic carbocycles. The summed E-state index contributed by atoms with van der Waals surface area (Å²) in [5, 5.41) is 8.73. The van der Waals surface area contributed by atoms with Gasteiger partial charge in [0.15, 0.2) is 0 Å².